The van der Waals surface area contributed by atoms with Gasteiger partial charge in [-0.2, -0.15) is 0 Å². The lowest BCUT2D eigenvalue weighted by Crippen LogP contribution is -2.34. The zero-order chi connectivity index (χ0) is 19.8. The number of thiocarbonyl (C=S) groups is 1. The van der Waals surface area contributed by atoms with E-state index in [9.17, 15) is 0 Å². The van der Waals surface area contributed by atoms with Gasteiger partial charge in [-0.25, -0.2) is 0 Å². The van der Waals surface area contributed by atoms with E-state index >= 15 is 0 Å². The van der Waals surface area contributed by atoms with E-state index in [1.54, 1.807) is 0 Å². The van der Waals surface area contributed by atoms with Gasteiger partial charge in [0.15, 0.2) is 0 Å². The molecular formula is C24H27NPS2+. The quantitative estimate of drug-likeness (QED) is 0.374. The zero-order valence-corrected chi connectivity index (χ0v) is 19.0. The summed E-state index contributed by atoms with van der Waals surface area (Å²) < 4.78 is 0.997. The first-order chi connectivity index (χ1) is 13.7. The first-order valence-electron chi connectivity index (χ1n) is 9.69. The maximum Gasteiger partial charge on any atom is 0.139 e. The number of thioether (sulfide) groups is 1. The largest absolute Gasteiger partial charge is 0.358 e. The Morgan fingerprint density at radius 3 is 1.39 bits per heavy atom. The first kappa shape index (κ1) is 21.0. The van der Waals surface area contributed by atoms with E-state index in [1.807, 2.05) is 11.8 Å². The molecule has 0 aliphatic rings. The van der Waals surface area contributed by atoms with E-state index in [2.05, 4.69) is 110 Å². The van der Waals surface area contributed by atoms with E-state index in [-0.39, 0.29) is 0 Å². The topological polar surface area (TPSA) is 3.24 Å². The molecule has 3 rings (SSSR count). The van der Waals surface area contributed by atoms with Gasteiger partial charge in [-0.1, -0.05) is 78.6 Å². The van der Waals surface area contributed by atoms with E-state index in [1.165, 1.54) is 15.9 Å². The van der Waals surface area contributed by atoms with Gasteiger partial charge in [-0.15, -0.1) is 0 Å². The lowest BCUT2D eigenvalue weighted by Gasteiger charge is -2.29. The molecule has 0 aliphatic heterocycles. The van der Waals surface area contributed by atoms with E-state index in [0.29, 0.717) is 0 Å². The maximum atomic E-state index is 5.80. The van der Waals surface area contributed by atoms with Gasteiger partial charge in [0, 0.05) is 13.1 Å². The fourth-order valence-corrected chi connectivity index (χ4v) is 10.6. The molecule has 144 valence electrons. The van der Waals surface area contributed by atoms with Gasteiger partial charge in [-0.05, 0) is 50.2 Å². The summed E-state index contributed by atoms with van der Waals surface area (Å²) in [4.78, 5) is 2.27. The van der Waals surface area contributed by atoms with E-state index < -0.39 is 7.26 Å². The van der Waals surface area contributed by atoms with Crippen molar-refractivity contribution in [3.8, 4) is 0 Å². The Morgan fingerprint density at radius 2 is 1.07 bits per heavy atom. The number of hydrogen-bond acceptors (Lipinski definition) is 2. The number of rotatable bonds is 7. The van der Waals surface area contributed by atoms with Crippen molar-refractivity contribution in [2.75, 3.05) is 18.6 Å². The average molecular weight is 425 g/mol. The van der Waals surface area contributed by atoms with Crippen molar-refractivity contribution in [1.29, 1.82) is 0 Å². The normalized spacial score (nSPS) is 11.2. The molecule has 0 fully saturated rings. The van der Waals surface area contributed by atoms with Crippen LogP contribution in [0.2, 0.25) is 0 Å². The van der Waals surface area contributed by atoms with Gasteiger partial charge >= 0.3 is 0 Å². The van der Waals surface area contributed by atoms with Crippen LogP contribution in [0, 0.1) is 0 Å². The van der Waals surface area contributed by atoms with Gasteiger partial charge in [0.05, 0.1) is 0 Å². The van der Waals surface area contributed by atoms with Crippen molar-refractivity contribution in [3.05, 3.63) is 91.0 Å². The highest BCUT2D eigenvalue weighted by molar-refractivity contribution is 8.28. The summed E-state index contributed by atoms with van der Waals surface area (Å²) in [7, 11) is -1.82. The van der Waals surface area contributed by atoms with Gasteiger partial charge in [0.2, 0.25) is 0 Å². The summed E-state index contributed by atoms with van der Waals surface area (Å²) >= 11 is 7.63. The minimum Gasteiger partial charge on any atom is -0.358 e. The third-order valence-electron chi connectivity index (χ3n) is 4.99. The minimum atomic E-state index is -1.82. The molecule has 0 saturated carbocycles. The second-order valence-electron chi connectivity index (χ2n) is 6.53. The molecule has 1 nitrogen and oxygen atoms in total. The third-order valence-corrected chi connectivity index (χ3v) is 11.7. The maximum absolute atomic E-state index is 5.80. The molecule has 0 unspecified atom stereocenters. The van der Waals surface area contributed by atoms with Gasteiger partial charge in [0.25, 0.3) is 0 Å². The predicted molar refractivity (Wildman–Crippen MR) is 133 cm³/mol. The monoisotopic (exact) mass is 424 g/mol. The highest BCUT2D eigenvalue weighted by Gasteiger charge is 2.45. The van der Waals surface area contributed by atoms with Crippen LogP contribution in [0.1, 0.15) is 13.8 Å². The van der Waals surface area contributed by atoms with Crippen LogP contribution in [0.3, 0.4) is 0 Å². The Morgan fingerprint density at radius 1 is 0.714 bits per heavy atom. The highest BCUT2D eigenvalue weighted by Crippen LogP contribution is 2.57. The van der Waals surface area contributed by atoms with Crippen LogP contribution in [0.5, 0.6) is 0 Å². The molecule has 0 aliphatic carbocycles. The molecule has 0 atom stereocenters. The molecule has 0 aromatic heterocycles. The summed E-state index contributed by atoms with van der Waals surface area (Å²) in [6.07, 6.45) is 0. The predicted octanol–water partition coefficient (Wildman–Crippen LogP) is 5.30. The molecular weight excluding hydrogens is 397 g/mol. The molecule has 0 heterocycles. The third kappa shape index (κ3) is 4.49. The molecule has 0 saturated heterocycles. The summed E-state index contributed by atoms with van der Waals surface area (Å²) in [6, 6.07) is 33.0. The molecule has 0 bridgehead atoms. The van der Waals surface area contributed by atoms with Crippen molar-refractivity contribution in [2.45, 2.75) is 13.8 Å². The zero-order valence-electron chi connectivity index (χ0n) is 16.5. The second-order valence-corrected chi connectivity index (χ2v) is 12.1. The minimum absolute atomic E-state index is 0.954. The summed E-state index contributed by atoms with van der Waals surface area (Å²) in [5.41, 5.74) is 0.973. The number of benzene rings is 3. The Labute approximate surface area is 179 Å². The van der Waals surface area contributed by atoms with Crippen molar-refractivity contribution in [1.82, 2.24) is 4.90 Å². The fourth-order valence-electron chi connectivity index (χ4n) is 3.44. The molecule has 0 amide bonds. The van der Waals surface area contributed by atoms with Gasteiger partial charge in [-0.3, -0.25) is 0 Å². The van der Waals surface area contributed by atoms with Crippen LogP contribution in [-0.2, 0) is 0 Å². The Bertz CT molecular complexity index is 768. The first-order valence-corrected chi connectivity index (χ1v) is 13.1. The van der Waals surface area contributed by atoms with Crippen molar-refractivity contribution in [2.24, 2.45) is 0 Å². The highest BCUT2D eigenvalue weighted by atomic mass is 32.2. The SMILES string of the molecule is CCN(CC)C(=S)SC[P+](c1ccccc1)(c1ccccc1)c1ccccc1. The van der Waals surface area contributed by atoms with E-state index in [0.717, 1.165) is 22.9 Å². The Kier molecular flexibility index (Phi) is 7.67. The van der Waals surface area contributed by atoms with Crippen molar-refractivity contribution in [3.63, 3.8) is 0 Å². The van der Waals surface area contributed by atoms with Crippen LogP contribution < -0.4 is 15.9 Å². The molecule has 3 aromatic rings. The summed E-state index contributed by atoms with van der Waals surface area (Å²) in [5.74, 6) is 0. The van der Waals surface area contributed by atoms with Gasteiger partial charge < -0.3 is 4.90 Å². The molecule has 3 aromatic carbocycles. The molecule has 28 heavy (non-hydrogen) atoms. The van der Waals surface area contributed by atoms with Crippen LogP contribution in [0.25, 0.3) is 0 Å². The Hall–Kier alpha value is -1.67. The van der Waals surface area contributed by atoms with Crippen molar-refractivity contribution < 1.29 is 0 Å². The fraction of sp³-hybridized carbons (Fsp3) is 0.208. The van der Waals surface area contributed by atoms with Crippen LogP contribution in [-0.4, -0.2) is 27.8 Å². The second kappa shape index (κ2) is 10.2. The number of hydrogen-bond donors (Lipinski definition) is 0. The van der Waals surface area contributed by atoms with Crippen molar-refractivity contribution >= 4 is 51.5 Å². The Balaban J connectivity index is 2.13. The smallest absolute Gasteiger partial charge is 0.139 e. The lowest BCUT2D eigenvalue weighted by atomic mass is 10.4. The summed E-state index contributed by atoms with van der Waals surface area (Å²) in [6.45, 7) is 6.25. The van der Waals surface area contributed by atoms with Gasteiger partial charge in [0.1, 0.15) is 33.0 Å². The summed E-state index contributed by atoms with van der Waals surface area (Å²) in [5, 5.41) is 4.21. The van der Waals surface area contributed by atoms with Crippen LogP contribution in [0.15, 0.2) is 91.0 Å². The van der Waals surface area contributed by atoms with E-state index in [4.69, 9.17) is 12.2 Å². The lowest BCUT2D eigenvalue weighted by molar-refractivity contribution is 0.482. The standard InChI is InChI=1S/C24H27NPS2/c1-3-25(4-2)24(27)28-20-26(21-14-8-5-9-15-21,22-16-10-6-11-17-22)23-18-12-7-13-19-23/h5-19H,3-4,20H2,1-2H3/q+1. The van der Waals surface area contributed by atoms with Crippen LogP contribution >= 0.6 is 31.2 Å². The molecule has 0 radical (unpaired) electrons. The number of nitrogens with zero attached hydrogens (tertiary/aromatic N) is 1. The van der Waals surface area contributed by atoms with Crippen LogP contribution in [0.4, 0.5) is 0 Å². The average Bonchev–Trinajstić information content (AvgIpc) is 2.77. The molecule has 0 N–H and O–H groups in total. The molecule has 4 heteroatoms. The molecule has 0 spiro atoms.